The molecule has 0 bridgehead atoms. The van der Waals surface area contributed by atoms with Crippen molar-refractivity contribution in [1.82, 2.24) is 0 Å². The molecule has 2 aromatic rings. The van der Waals surface area contributed by atoms with Crippen LogP contribution < -0.4 is 10.6 Å². The standard InChI is InChI=1S/C16H10F6I2N2O4S2/c17-15(18,19)31(27,28)14(32(29,30)16(20,21)22)13(25-11-5-1-9(23)2-6-11)26-12-7-3-10(24)4-8-12/h1-8,25-26H. The number of halogens is 8. The molecule has 6 nitrogen and oxygen atoms in total. The van der Waals surface area contributed by atoms with Gasteiger partial charge in [-0.15, -0.1) is 0 Å². The second kappa shape index (κ2) is 9.53. The van der Waals surface area contributed by atoms with E-state index in [-0.39, 0.29) is 11.4 Å². The summed E-state index contributed by atoms with van der Waals surface area (Å²) in [6.45, 7) is 0. The van der Waals surface area contributed by atoms with Gasteiger partial charge in [0.2, 0.25) is 4.24 Å². The van der Waals surface area contributed by atoms with Crippen LogP contribution in [0.5, 0.6) is 0 Å². The summed E-state index contributed by atoms with van der Waals surface area (Å²) in [6, 6.07) is 10.4. The summed E-state index contributed by atoms with van der Waals surface area (Å²) >= 11 is 3.73. The van der Waals surface area contributed by atoms with E-state index in [2.05, 4.69) is 0 Å². The molecule has 176 valence electrons. The van der Waals surface area contributed by atoms with E-state index in [1.807, 2.05) is 55.8 Å². The Hall–Kier alpha value is -1.28. The van der Waals surface area contributed by atoms with Gasteiger partial charge in [0.25, 0.3) is 19.7 Å². The van der Waals surface area contributed by atoms with E-state index < -0.39 is 40.7 Å². The van der Waals surface area contributed by atoms with Crippen LogP contribution in [0.2, 0.25) is 0 Å². The fourth-order valence-electron chi connectivity index (χ4n) is 2.11. The van der Waals surface area contributed by atoms with Crippen LogP contribution in [0.4, 0.5) is 37.7 Å². The Morgan fingerprint density at radius 2 is 0.906 bits per heavy atom. The molecule has 0 saturated heterocycles. The monoisotopic (exact) mass is 726 g/mol. The molecule has 0 atom stereocenters. The summed E-state index contributed by atoms with van der Waals surface area (Å²) in [5.41, 5.74) is -13.0. The number of nitrogens with one attached hydrogen (secondary N) is 2. The molecule has 2 N–H and O–H groups in total. The number of rotatable bonds is 6. The van der Waals surface area contributed by atoms with Crippen LogP contribution in [-0.4, -0.2) is 27.9 Å². The number of anilines is 2. The Morgan fingerprint density at radius 3 is 1.16 bits per heavy atom. The lowest BCUT2D eigenvalue weighted by atomic mass is 10.3. The van der Waals surface area contributed by atoms with Crippen LogP contribution in [-0.2, 0) is 19.7 Å². The molecule has 16 heteroatoms. The maximum atomic E-state index is 13.2. The van der Waals surface area contributed by atoms with E-state index in [0.29, 0.717) is 7.14 Å². The molecule has 0 aliphatic carbocycles. The summed E-state index contributed by atoms with van der Waals surface area (Å²) in [6.07, 6.45) is 0. The first-order chi connectivity index (χ1) is 14.5. The van der Waals surface area contributed by atoms with Crippen LogP contribution in [0.15, 0.2) is 58.6 Å². The highest BCUT2D eigenvalue weighted by Gasteiger charge is 2.61. The Kier molecular flexibility index (Phi) is 8.03. The zero-order chi connectivity index (χ0) is 24.5. The SMILES string of the molecule is O=S(=O)(C(=C(Nc1ccc(I)cc1)Nc1ccc(I)cc1)S(=O)(=O)C(F)(F)F)C(F)(F)F. The van der Waals surface area contributed by atoms with Crippen molar-refractivity contribution in [1.29, 1.82) is 0 Å². The first-order valence-electron chi connectivity index (χ1n) is 7.89. The van der Waals surface area contributed by atoms with Crippen molar-refractivity contribution in [2.75, 3.05) is 10.6 Å². The van der Waals surface area contributed by atoms with Crippen LogP contribution >= 0.6 is 45.2 Å². The summed E-state index contributed by atoms with van der Waals surface area (Å²) in [5.74, 6) is -1.54. The molecule has 0 amide bonds. The topological polar surface area (TPSA) is 92.3 Å². The third kappa shape index (κ3) is 5.99. The second-order valence-electron chi connectivity index (χ2n) is 5.82. The molecule has 0 fully saturated rings. The van der Waals surface area contributed by atoms with Gasteiger partial charge in [0.1, 0.15) is 5.82 Å². The first kappa shape index (κ1) is 27.0. The van der Waals surface area contributed by atoms with E-state index in [4.69, 9.17) is 0 Å². The number of alkyl halides is 6. The van der Waals surface area contributed by atoms with Crippen molar-refractivity contribution < 1.29 is 43.2 Å². The van der Waals surface area contributed by atoms with Gasteiger partial charge in [0, 0.05) is 18.5 Å². The van der Waals surface area contributed by atoms with Gasteiger partial charge in [0.15, 0.2) is 0 Å². The Morgan fingerprint density at radius 1 is 0.625 bits per heavy atom. The molecule has 0 saturated carbocycles. The number of hydrogen-bond acceptors (Lipinski definition) is 6. The minimum atomic E-state index is -6.99. The summed E-state index contributed by atoms with van der Waals surface area (Å²) in [5, 5.41) is 4.06. The summed E-state index contributed by atoms with van der Waals surface area (Å²) in [4.78, 5) is 0. The summed E-state index contributed by atoms with van der Waals surface area (Å²) < 4.78 is 126. The molecule has 0 aliphatic heterocycles. The molecule has 0 heterocycles. The molecule has 0 aliphatic rings. The molecular weight excluding hydrogens is 716 g/mol. The van der Waals surface area contributed by atoms with Gasteiger partial charge in [-0.25, -0.2) is 16.8 Å². The molecule has 2 aromatic carbocycles. The third-order valence-corrected chi connectivity index (χ3v) is 8.89. The van der Waals surface area contributed by atoms with E-state index in [1.54, 1.807) is 0 Å². The van der Waals surface area contributed by atoms with Gasteiger partial charge >= 0.3 is 11.0 Å². The average molecular weight is 726 g/mol. The van der Waals surface area contributed by atoms with Crippen molar-refractivity contribution in [2.24, 2.45) is 0 Å². The minimum Gasteiger partial charge on any atom is -0.340 e. The lowest BCUT2D eigenvalue weighted by Crippen LogP contribution is -2.37. The van der Waals surface area contributed by atoms with Gasteiger partial charge in [-0.3, -0.25) is 0 Å². The number of sulfone groups is 2. The molecule has 2 rings (SSSR count). The Balaban J connectivity index is 2.89. The third-order valence-electron chi connectivity index (χ3n) is 3.53. The zero-order valence-electron chi connectivity index (χ0n) is 15.1. The van der Waals surface area contributed by atoms with Crippen LogP contribution in [0.3, 0.4) is 0 Å². The van der Waals surface area contributed by atoms with Gasteiger partial charge in [0.05, 0.1) is 0 Å². The highest BCUT2D eigenvalue weighted by molar-refractivity contribution is 14.1. The normalized spacial score (nSPS) is 12.9. The zero-order valence-corrected chi connectivity index (χ0v) is 21.0. The Labute approximate surface area is 205 Å². The van der Waals surface area contributed by atoms with Gasteiger partial charge in [-0.2, -0.15) is 26.3 Å². The van der Waals surface area contributed by atoms with Gasteiger partial charge < -0.3 is 10.6 Å². The highest BCUT2D eigenvalue weighted by Crippen LogP contribution is 2.40. The minimum absolute atomic E-state index is 0.175. The van der Waals surface area contributed by atoms with E-state index in [9.17, 15) is 43.2 Å². The Bertz CT molecular complexity index is 1130. The lowest BCUT2D eigenvalue weighted by Gasteiger charge is -2.21. The molecule has 0 aromatic heterocycles. The van der Waals surface area contributed by atoms with Crippen LogP contribution in [0, 0.1) is 7.14 Å². The first-order valence-corrected chi connectivity index (χ1v) is 13.0. The maximum absolute atomic E-state index is 13.2. The largest absolute Gasteiger partial charge is 0.502 e. The maximum Gasteiger partial charge on any atom is 0.502 e. The molecule has 0 spiro atoms. The second-order valence-corrected chi connectivity index (χ2v) is 12.3. The van der Waals surface area contributed by atoms with E-state index in [1.165, 1.54) is 48.5 Å². The average Bonchev–Trinajstić information content (AvgIpc) is 2.63. The van der Waals surface area contributed by atoms with E-state index >= 15 is 0 Å². The van der Waals surface area contributed by atoms with Crippen molar-refractivity contribution in [3.05, 3.63) is 65.7 Å². The fraction of sp³-hybridized carbons (Fsp3) is 0.125. The van der Waals surface area contributed by atoms with Gasteiger partial charge in [-0.05, 0) is 93.7 Å². The summed E-state index contributed by atoms with van der Waals surface area (Å²) in [7, 11) is -14.0. The van der Waals surface area contributed by atoms with Crippen molar-refractivity contribution in [2.45, 2.75) is 11.0 Å². The van der Waals surface area contributed by atoms with Crippen LogP contribution in [0.1, 0.15) is 0 Å². The van der Waals surface area contributed by atoms with Crippen LogP contribution in [0.25, 0.3) is 0 Å². The number of hydrogen-bond donors (Lipinski definition) is 2. The van der Waals surface area contributed by atoms with E-state index in [0.717, 1.165) is 0 Å². The fourth-order valence-corrected chi connectivity index (χ4v) is 5.72. The molecule has 0 radical (unpaired) electrons. The van der Waals surface area contributed by atoms with Crippen molar-refractivity contribution >= 4 is 76.2 Å². The number of benzene rings is 2. The van der Waals surface area contributed by atoms with Crippen molar-refractivity contribution in [3.63, 3.8) is 0 Å². The smallest absolute Gasteiger partial charge is 0.340 e. The van der Waals surface area contributed by atoms with Gasteiger partial charge in [-0.1, -0.05) is 0 Å². The molecule has 32 heavy (non-hydrogen) atoms. The highest BCUT2D eigenvalue weighted by atomic mass is 127. The molecule has 0 unspecified atom stereocenters. The molecular formula is C16H10F6I2N2O4S2. The predicted octanol–water partition coefficient (Wildman–Crippen LogP) is 5.42. The quantitative estimate of drug-likeness (QED) is 0.306. The predicted molar refractivity (Wildman–Crippen MR) is 123 cm³/mol. The van der Waals surface area contributed by atoms with Crippen molar-refractivity contribution in [3.8, 4) is 0 Å². The lowest BCUT2D eigenvalue weighted by molar-refractivity contribution is -0.0444.